The Labute approximate surface area is 116 Å². The van der Waals surface area contributed by atoms with Crippen LogP contribution in [0.5, 0.6) is 0 Å². The van der Waals surface area contributed by atoms with Gasteiger partial charge >= 0.3 is 0 Å². The van der Waals surface area contributed by atoms with Gasteiger partial charge in [-0.1, -0.05) is 6.07 Å². The van der Waals surface area contributed by atoms with Crippen molar-refractivity contribution in [1.82, 2.24) is 9.88 Å². The molecule has 0 bridgehead atoms. The van der Waals surface area contributed by atoms with Gasteiger partial charge in [0.1, 0.15) is 5.82 Å². The van der Waals surface area contributed by atoms with Crippen molar-refractivity contribution in [2.75, 3.05) is 32.1 Å². The number of rotatable bonds is 4. The molecule has 2 N–H and O–H groups in total. The van der Waals surface area contributed by atoms with Gasteiger partial charge in [0.2, 0.25) is 0 Å². The Kier molecular flexibility index (Phi) is 4.77. The largest absolute Gasteiger partial charge is 0.357 e. The van der Waals surface area contributed by atoms with Crippen molar-refractivity contribution < 1.29 is 0 Å². The van der Waals surface area contributed by atoms with Crippen molar-refractivity contribution in [3.05, 3.63) is 23.9 Å². The molecule has 0 aromatic carbocycles. The molecule has 0 spiro atoms. The number of pyridine rings is 1. The normalized spacial score (nSPS) is 18.9. The number of hydrogen-bond acceptors (Lipinski definition) is 4. The van der Waals surface area contributed by atoms with E-state index in [4.69, 9.17) is 5.73 Å². The van der Waals surface area contributed by atoms with E-state index in [2.05, 4.69) is 41.0 Å². The second-order valence-electron chi connectivity index (χ2n) is 5.89. The summed E-state index contributed by atoms with van der Waals surface area (Å²) < 4.78 is 0. The lowest BCUT2D eigenvalue weighted by atomic mass is 10.0. The summed E-state index contributed by atoms with van der Waals surface area (Å²) in [5.74, 6) is 1.10. The van der Waals surface area contributed by atoms with Crippen LogP contribution in [-0.4, -0.2) is 49.2 Å². The van der Waals surface area contributed by atoms with Crippen LogP contribution in [0, 0.1) is 0 Å². The molecule has 1 saturated heterocycles. The van der Waals surface area contributed by atoms with Crippen LogP contribution >= 0.6 is 0 Å². The number of aromatic nitrogens is 1. The summed E-state index contributed by atoms with van der Waals surface area (Å²) in [6.45, 7) is 4.23. The van der Waals surface area contributed by atoms with Crippen LogP contribution < -0.4 is 10.6 Å². The smallest absolute Gasteiger partial charge is 0.128 e. The maximum absolute atomic E-state index is 5.81. The molecule has 2 heterocycles. The van der Waals surface area contributed by atoms with E-state index in [1.807, 2.05) is 13.1 Å². The monoisotopic (exact) mass is 262 g/mol. The summed E-state index contributed by atoms with van der Waals surface area (Å²) in [7, 11) is 4.34. The molecule has 2 rings (SSSR count). The Morgan fingerprint density at radius 3 is 2.53 bits per heavy atom. The van der Waals surface area contributed by atoms with Gasteiger partial charge in [0.25, 0.3) is 0 Å². The summed E-state index contributed by atoms with van der Waals surface area (Å²) >= 11 is 0. The average molecular weight is 262 g/mol. The van der Waals surface area contributed by atoms with Crippen LogP contribution in [0.25, 0.3) is 0 Å². The van der Waals surface area contributed by atoms with Crippen LogP contribution in [-0.2, 0) is 6.42 Å². The molecular weight excluding hydrogens is 236 g/mol. The Morgan fingerprint density at radius 2 is 2.05 bits per heavy atom. The fourth-order valence-corrected chi connectivity index (χ4v) is 2.71. The molecule has 4 nitrogen and oxygen atoms in total. The maximum Gasteiger partial charge on any atom is 0.128 e. The lowest BCUT2D eigenvalue weighted by molar-refractivity contribution is 0.249. The Balaban J connectivity index is 1.92. The van der Waals surface area contributed by atoms with Crippen LogP contribution in [0.1, 0.15) is 25.3 Å². The minimum Gasteiger partial charge on any atom is -0.357 e. The van der Waals surface area contributed by atoms with Gasteiger partial charge in [0.05, 0.1) is 0 Å². The molecule has 106 valence electrons. The molecule has 0 radical (unpaired) electrons. The van der Waals surface area contributed by atoms with Crippen molar-refractivity contribution in [1.29, 1.82) is 0 Å². The standard InChI is InChI=1S/C15H26N4/c1-12(16)10-13-4-5-15(17-11-13)19-8-6-14(7-9-19)18(2)3/h4-5,11-12,14H,6-10,16H2,1-3H3. The van der Waals surface area contributed by atoms with E-state index in [0.29, 0.717) is 6.04 Å². The predicted molar refractivity (Wildman–Crippen MR) is 80.5 cm³/mol. The van der Waals surface area contributed by atoms with E-state index in [1.165, 1.54) is 18.4 Å². The van der Waals surface area contributed by atoms with Crippen LogP contribution in [0.3, 0.4) is 0 Å². The van der Waals surface area contributed by atoms with E-state index >= 15 is 0 Å². The first-order valence-electron chi connectivity index (χ1n) is 7.18. The summed E-state index contributed by atoms with van der Waals surface area (Å²) in [4.78, 5) is 9.30. The topological polar surface area (TPSA) is 45.4 Å². The molecular formula is C15H26N4. The fraction of sp³-hybridized carbons (Fsp3) is 0.667. The fourth-order valence-electron chi connectivity index (χ4n) is 2.71. The van der Waals surface area contributed by atoms with Gasteiger partial charge in [0.15, 0.2) is 0 Å². The van der Waals surface area contributed by atoms with Crippen LogP contribution in [0.4, 0.5) is 5.82 Å². The highest BCUT2D eigenvalue weighted by Gasteiger charge is 2.21. The Bertz CT molecular complexity index is 378. The van der Waals surface area contributed by atoms with E-state index < -0.39 is 0 Å². The van der Waals surface area contributed by atoms with Gasteiger partial charge in [-0.05, 0) is 51.9 Å². The molecule has 1 fully saturated rings. The van der Waals surface area contributed by atoms with E-state index in [0.717, 1.165) is 25.3 Å². The van der Waals surface area contributed by atoms with Gasteiger partial charge in [-0.3, -0.25) is 0 Å². The first kappa shape index (κ1) is 14.3. The summed E-state index contributed by atoms with van der Waals surface area (Å²) in [5.41, 5.74) is 7.03. The van der Waals surface area contributed by atoms with E-state index in [9.17, 15) is 0 Å². The molecule has 1 unspecified atom stereocenters. The molecule has 19 heavy (non-hydrogen) atoms. The molecule has 1 atom stereocenters. The molecule has 1 aliphatic rings. The SMILES string of the molecule is CC(N)Cc1ccc(N2CCC(N(C)C)CC2)nc1. The lowest BCUT2D eigenvalue weighted by Gasteiger charge is -2.35. The second-order valence-corrected chi connectivity index (χ2v) is 5.89. The van der Waals surface area contributed by atoms with Crippen molar-refractivity contribution in [3.8, 4) is 0 Å². The van der Waals surface area contributed by atoms with Gasteiger partial charge in [-0.15, -0.1) is 0 Å². The van der Waals surface area contributed by atoms with Crippen molar-refractivity contribution in [3.63, 3.8) is 0 Å². The zero-order chi connectivity index (χ0) is 13.8. The number of nitrogens with two attached hydrogens (primary N) is 1. The highest BCUT2D eigenvalue weighted by atomic mass is 15.2. The molecule has 0 amide bonds. The quantitative estimate of drug-likeness (QED) is 0.893. The number of hydrogen-bond donors (Lipinski definition) is 1. The van der Waals surface area contributed by atoms with Gasteiger partial charge in [0, 0.05) is 31.4 Å². The third-order valence-electron chi connectivity index (χ3n) is 3.89. The lowest BCUT2D eigenvalue weighted by Crippen LogP contribution is -2.42. The van der Waals surface area contributed by atoms with Crippen molar-refractivity contribution >= 4 is 5.82 Å². The highest BCUT2D eigenvalue weighted by Crippen LogP contribution is 2.20. The minimum atomic E-state index is 0.198. The van der Waals surface area contributed by atoms with Crippen molar-refractivity contribution in [2.45, 2.75) is 38.3 Å². The van der Waals surface area contributed by atoms with Crippen LogP contribution in [0.15, 0.2) is 18.3 Å². The molecule has 0 saturated carbocycles. The van der Waals surface area contributed by atoms with Gasteiger partial charge < -0.3 is 15.5 Å². The first-order valence-corrected chi connectivity index (χ1v) is 7.18. The van der Waals surface area contributed by atoms with E-state index in [-0.39, 0.29) is 6.04 Å². The molecule has 1 aliphatic heterocycles. The van der Waals surface area contributed by atoms with E-state index in [1.54, 1.807) is 0 Å². The summed E-state index contributed by atoms with van der Waals surface area (Å²) in [5, 5.41) is 0. The van der Waals surface area contributed by atoms with Gasteiger partial charge in [-0.25, -0.2) is 4.98 Å². The van der Waals surface area contributed by atoms with Crippen LogP contribution in [0.2, 0.25) is 0 Å². The predicted octanol–water partition coefficient (Wildman–Crippen LogP) is 1.50. The zero-order valence-electron chi connectivity index (χ0n) is 12.3. The average Bonchev–Trinajstić information content (AvgIpc) is 2.39. The zero-order valence-corrected chi connectivity index (χ0v) is 12.3. The third kappa shape index (κ3) is 3.91. The summed E-state index contributed by atoms with van der Waals surface area (Å²) in [6, 6.07) is 5.20. The molecule has 1 aromatic heterocycles. The van der Waals surface area contributed by atoms with Crippen molar-refractivity contribution in [2.24, 2.45) is 5.73 Å². The Morgan fingerprint density at radius 1 is 1.37 bits per heavy atom. The number of nitrogens with zero attached hydrogens (tertiary/aromatic N) is 3. The Hall–Kier alpha value is -1.13. The summed E-state index contributed by atoms with van der Waals surface area (Å²) in [6.07, 6.45) is 5.30. The molecule has 0 aliphatic carbocycles. The molecule has 1 aromatic rings. The van der Waals surface area contributed by atoms with Gasteiger partial charge in [-0.2, -0.15) is 0 Å². The first-order chi connectivity index (χ1) is 9.06. The second kappa shape index (κ2) is 6.35. The number of piperidine rings is 1. The number of anilines is 1. The minimum absolute atomic E-state index is 0.198. The highest BCUT2D eigenvalue weighted by molar-refractivity contribution is 5.40. The molecule has 4 heteroatoms. The third-order valence-corrected chi connectivity index (χ3v) is 3.89. The maximum atomic E-state index is 5.81.